The number of hydrogen-bond donors (Lipinski definition) is 1. The lowest BCUT2D eigenvalue weighted by Gasteiger charge is -2.45. The molecular weight excluding hydrogens is 560 g/mol. The molecule has 9 nitrogen and oxygen atoms in total. The number of imide groups is 1. The van der Waals surface area contributed by atoms with Gasteiger partial charge < -0.3 is 14.8 Å². The Balaban J connectivity index is 1.04. The fraction of sp³-hybridized carbons (Fsp3) is 0.171. The number of nitrogens with one attached hydrogen (secondary N) is 1. The Morgan fingerprint density at radius 3 is 1.59 bits per heavy atom. The maximum Gasteiger partial charge on any atom is 0.338 e. The number of anilines is 2. The molecule has 1 heterocycles. The molecule has 0 radical (unpaired) electrons. The Morgan fingerprint density at radius 1 is 0.659 bits per heavy atom. The SMILES string of the molecule is COC(=O)c1ccc(NC(=O)COC(=O)c2ccc(N3C(=O)[C@H]4C5c6ccccc6C(c6ccccc65)[C@@H]4C3=O)cc2)cc1. The van der Waals surface area contributed by atoms with Gasteiger partial charge in [-0.05, 0) is 70.8 Å². The van der Waals surface area contributed by atoms with Crippen LogP contribution in [0.15, 0.2) is 97.1 Å². The molecule has 1 saturated heterocycles. The first-order chi connectivity index (χ1) is 21.4. The minimum Gasteiger partial charge on any atom is -0.465 e. The lowest BCUT2D eigenvalue weighted by molar-refractivity contribution is -0.122. The molecule has 218 valence electrons. The van der Waals surface area contributed by atoms with Crippen LogP contribution in [0.25, 0.3) is 0 Å². The number of nitrogens with zero attached hydrogens (tertiary/aromatic N) is 1. The number of rotatable bonds is 6. The summed E-state index contributed by atoms with van der Waals surface area (Å²) in [4.78, 5) is 65.6. The summed E-state index contributed by atoms with van der Waals surface area (Å²) >= 11 is 0. The van der Waals surface area contributed by atoms with E-state index in [0.29, 0.717) is 16.9 Å². The Morgan fingerprint density at radius 2 is 1.11 bits per heavy atom. The third-order valence-electron chi connectivity index (χ3n) is 8.73. The highest BCUT2D eigenvalue weighted by molar-refractivity contribution is 6.23. The van der Waals surface area contributed by atoms with Gasteiger partial charge in [0.15, 0.2) is 6.61 Å². The van der Waals surface area contributed by atoms with Gasteiger partial charge in [0.2, 0.25) is 11.8 Å². The first kappa shape index (κ1) is 27.3. The van der Waals surface area contributed by atoms with Crippen LogP contribution in [-0.4, -0.2) is 43.4 Å². The molecule has 1 aliphatic heterocycles. The number of esters is 2. The Labute approximate surface area is 252 Å². The third kappa shape index (κ3) is 4.27. The van der Waals surface area contributed by atoms with Crippen molar-refractivity contribution in [3.63, 3.8) is 0 Å². The third-order valence-corrected chi connectivity index (χ3v) is 8.73. The van der Waals surface area contributed by atoms with E-state index < -0.39 is 36.3 Å². The second-order valence-electron chi connectivity index (χ2n) is 11.0. The lowest BCUT2D eigenvalue weighted by atomic mass is 9.55. The molecule has 44 heavy (non-hydrogen) atoms. The van der Waals surface area contributed by atoms with E-state index in [1.165, 1.54) is 48.4 Å². The van der Waals surface area contributed by atoms with Crippen molar-refractivity contribution in [1.82, 2.24) is 0 Å². The second-order valence-corrected chi connectivity index (χ2v) is 11.0. The predicted molar refractivity (Wildman–Crippen MR) is 159 cm³/mol. The van der Waals surface area contributed by atoms with Gasteiger partial charge in [0, 0.05) is 17.5 Å². The van der Waals surface area contributed by atoms with Gasteiger partial charge in [-0.15, -0.1) is 0 Å². The van der Waals surface area contributed by atoms with E-state index in [0.717, 1.165) is 22.3 Å². The average Bonchev–Trinajstić information content (AvgIpc) is 3.33. The quantitative estimate of drug-likeness (QED) is 0.258. The molecule has 4 aromatic rings. The number of carbonyl (C=O) groups is 5. The van der Waals surface area contributed by atoms with Gasteiger partial charge >= 0.3 is 11.9 Å². The van der Waals surface area contributed by atoms with Crippen molar-refractivity contribution in [2.75, 3.05) is 23.9 Å². The van der Waals surface area contributed by atoms with Crippen molar-refractivity contribution in [3.05, 3.63) is 130 Å². The van der Waals surface area contributed by atoms with E-state index in [4.69, 9.17) is 4.74 Å². The Bertz CT molecular complexity index is 1730. The van der Waals surface area contributed by atoms with Crippen molar-refractivity contribution < 1.29 is 33.4 Å². The van der Waals surface area contributed by atoms with Crippen LogP contribution in [0.1, 0.15) is 54.8 Å². The molecule has 0 aromatic heterocycles. The highest BCUT2D eigenvalue weighted by atomic mass is 16.5. The van der Waals surface area contributed by atoms with Crippen molar-refractivity contribution >= 4 is 41.0 Å². The molecule has 2 bridgehead atoms. The Hall–Kier alpha value is -5.57. The molecule has 2 atom stereocenters. The topological polar surface area (TPSA) is 119 Å². The van der Waals surface area contributed by atoms with Crippen molar-refractivity contribution in [3.8, 4) is 0 Å². The van der Waals surface area contributed by atoms with Crippen molar-refractivity contribution in [1.29, 1.82) is 0 Å². The smallest absolute Gasteiger partial charge is 0.338 e. The largest absolute Gasteiger partial charge is 0.465 e. The normalized spacial score (nSPS) is 20.8. The molecule has 4 aromatic carbocycles. The van der Waals surface area contributed by atoms with Crippen LogP contribution in [0.5, 0.6) is 0 Å². The van der Waals surface area contributed by atoms with E-state index in [9.17, 15) is 24.0 Å². The number of amides is 3. The molecular formula is C35H26N2O7. The van der Waals surface area contributed by atoms with Gasteiger partial charge in [-0.3, -0.25) is 14.4 Å². The van der Waals surface area contributed by atoms with Crippen molar-refractivity contribution in [2.45, 2.75) is 11.8 Å². The standard InChI is InChI=1S/C35H26N2O7/c1-43-34(41)19-10-14-21(15-11-19)36-27(38)18-44-35(42)20-12-16-22(17-13-20)37-32(39)30-28-23-6-2-3-7-24(23)29(31(30)33(37)40)26-9-5-4-8-25(26)28/h2-17,28-31H,18H2,1H3,(H,36,38)/t28?,29?,30-,31-/m0/s1. The van der Waals surface area contributed by atoms with Crippen LogP contribution in [0, 0.1) is 11.8 Å². The summed E-state index contributed by atoms with van der Waals surface area (Å²) in [6.45, 7) is -0.532. The monoisotopic (exact) mass is 586 g/mol. The molecule has 1 fully saturated rings. The number of benzene rings is 4. The number of methoxy groups -OCH3 is 1. The van der Waals surface area contributed by atoms with E-state index in [1.807, 2.05) is 24.3 Å². The van der Waals surface area contributed by atoms with Crippen LogP contribution in [0.3, 0.4) is 0 Å². The summed E-state index contributed by atoms with van der Waals surface area (Å²) in [7, 11) is 1.28. The fourth-order valence-corrected chi connectivity index (χ4v) is 6.90. The highest BCUT2D eigenvalue weighted by Gasteiger charge is 2.61. The minimum atomic E-state index is -0.732. The molecule has 4 aliphatic rings. The van der Waals surface area contributed by atoms with Crippen LogP contribution in [0.4, 0.5) is 11.4 Å². The highest BCUT2D eigenvalue weighted by Crippen LogP contribution is 2.61. The Kier molecular flexibility index (Phi) is 6.58. The van der Waals surface area contributed by atoms with Gasteiger partial charge in [-0.1, -0.05) is 48.5 Å². The summed E-state index contributed by atoms with van der Waals surface area (Å²) in [5.74, 6) is -3.69. The van der Waals surface area contributed by atoms with E-state index in [2.05, 4.69) is 34.3 Å². The van der Waals surface area contributed by atoms with E-state index >= 15 is 0 Å². The minimum absolute atomic E-state index is 0.167. The van der Waals surface area contributed by atoms with Crippen LogP contribution in [0.2, 0.25) is 0 Å². The van der Waals surface area contributed by atoms with Gasteiger partial charge in [0.1, 0.15) is 0 Å². The zero-order chi connectivity index (χ0) is 30.5. The maximum absolute atomic E-state index is 13.9. The zero-order valence-corrected chi connectivity index (χ0v) is 23.6. The van der Waals surface area contributed by atoms with Crippen LogP contribution >= 0.6 is 0 Å². The lowest BCUT2D eigenvalue weighted by Crippen LogP contribution is -2.41. The molecule has 1 N–H and O–H groups in total. The predicted octanol–water partition coefficient (Wildman–Crippen LogP) is 4.67. The summed E-state index contributed by atoms with van der Waals surface area (Å²) < 4.78 is 9.81. The van der Waals surface area contributed by atoms with Crippen LogP contribution < -0.4 is 10.2 Å². The molecule has 3 amide bonds. The average molecular weight is 587 g/mol. The number of hydrogen-bond acceptors (Lipinski definition) is 7. The summed E-state index contributed by atoms with van der Waals surface area (Å²) in [6, 6.07) is 28.2. The number of ether oxygens (including phenoxy) is 2. The summed E-state index contributed by atoms with van der Waals surface area (Å²) in [5.41, 5.74) is 5.69. The molecule has 0 spiro atoms. The summed E-state index contributed by atoms with van der Waals surface area (Å²) in [5, 5.41) is 2.59. The maximum atomic E-state index is 13.9. The molecule has 0 saturated carbocycles. The fourth-order valence-electron chi connectivity index (χ4n) is 6.90. The molecule has 3 aliphatic carbocycles. The molecule has 8 rings (SSSR count). The summed E-state index contributed by atoms with van der Waals surface area (Å²) in [6.07, 6.45) is 0. The van der Waals surface area contributed by atoms with E-state index in [1.54, 1.807) is 12.1 Å². The van der Waals surface area contributed by atoms with Crippen LogP contribution in [-0.2, 0) is 23.9 Å². The van der Waals surface area contributed by atoms with Gasteiger partial charge in [0.05, 0.1) is 35.8 Å². The number of carbonyl (C=O) groups excluding carboxylic acids is 5. The van der Waals surface area contributed by atoms with Gasteiger partial charge in [-0.25, -0.2) is 14.5 Å². The first-order valence-corrected chi connectivity index (χ1v) is 14.2. The first-order valence-electron chi connectivity index (χ1n) is 14.2. The second kappa shape index (κ2) is 10.6. The van der Waals surface area contributed by atoms with Gasteiger partial charge in [-0.2, -0.15) is 0 Å². The van der Waals surface area contributed by atoms with Gasteiger partial charge in [0.25, 0.3) is 5.91 Å². The zero-order valence-electron chi connectivity index (χ0n) is 23.6. The van der Waals surface area contributed by atoms with Crippen molar-refractivity contribution in [2.24, 2.45) is 11.8 Å². The van der Waals surface area contributed by atoms with E-state index in [-0.39, 0.29) is 29.2 Å². The molecule has 0 unspecified atom stereocenters. The molecule has 9 heteroatoms.